The van der Waals surface area contributed by atoms with E-state index in [-0.39, 0.29) is 5.97 Å². The minimum Gasteiger partial charge on any atom is -0.465 e. The van der Waals surface area contributed by atoms with E-state index < -0.39 is 0 Å². The summed E-state index contributed by atoms with van der Waals surface area (Å²) in [4.78, 5) is 11.5. The monoisotopic (exact) mass is 342 g/mol. The Bertz CT molecular complexity index is 596. The van der Waals surface area contributed by atoms with Crippen LogP contribution in [0.5, 0.6) is 0 Å². The molecule has 1 aromatic carbocycles. The van der Waals surface area contributed by atoms with Crippen LogP contribution in [0.3, 0.4) is 0 Å². The van der Waals surface area contributed by atoms with Gasteiger partial charge in [-0.3, -0.25) is 0 Å². The Hall–Kier alpha value is -1.04. The molecule has 0 unspecified atom stereocenters. The molecule has 1 fully saturated rings. The van der Waals surface area contributed by atoms with Gasteiger partial charge in [0.25, 0.3) is 0 Å². The molecule has 0 spiro atoms. The molecule has 88 valence electrons. The zero-order valence-corrected chi connectivity index (χ0v) is 11.5. The predicted octanol–water partition coefficient (Wildman–Crippen LogP) is 3.70. The number of methoxy groups -OCH3 is 1. The Balaban J connectivity index is 2.14. The molecule has 0 bridgehead atoms. The molecule has 0 amide bonds. The summed E-state index contributed by atoms with van der Waals surface area (Å²) in [6.07, 6.45) is 2.42. The van der Waals surface area contributed by atoms with Crippen molar-refractivity contribution in [1.29, 1.82) is 0 Å². The fourth-order valence-electron chi connectivity index (χ4n) is 1.93. The summed E-state index contributed by atoms with van der Waals surface area (Å²) in [6, 6.07) is 5.68. The second kappa shape index (κ2) is 4.01. The minimum atomic E-state index is -0.306. The van der Waals surface area contributed by atoms with Crippen molar-refractivity contribution in [3.8, 4) is 0 Å². The van der Waals surface area contributed by atoms with Gasteiger partial charge in [-0.25, -0.2) is 4.79 Å². The van der Waals surface area contributed by atoms with Crippen molar-refractivity contribution in [2.24, 2.45) is 0 Å². The maximum absolute atomic E-state index is 11.5. The summed E-state index contributed by atoms with van der Waals surface area (Å²) in [7, 11) is 1.39. The third-order valence-corrected chi connectivity index (χ3v) is 3.79. The first-order valence-electron chi connectivity index (χ1n) is 5.50. The Morgan fingerprint density at radius 1 is 1.41 bits per heavy atom. The van der Waals surface area contributed by atoms with Crippen LogP contribution in [0.15, 0.2) is 22.6 Å². The molecular weight excluding hydrogens is 331 g/mol. The van der Waals surface area contributed by atoms with E-state index in [0.29, 0.717) is 11.5 Å². The van der Waals surface area contributed by atoms with Crippen molar-refractivity contribution in [3.05, 3.63) is 33.1 Å². The fraction of sp³-hybridized carbons (Fsp3) is 0.308. The molecule has 3 nitrogen and oxygen atoms in total. The van der Waals surface area contributed by atoms with Crippen molar-refractivity contribution in [2.45, 2.75) is 18.8 Å². The first-order valence-corrected chi connectivity index (χ1v) is 6.58. The second-order valence-electron chi connectivity index (χ2n) is 4.29. The van der Waals surface area contributed by atoms with Crippen molar-refractivity contribution in [3.63, 3.8) is 0 Å². The summed E-state index contributed by atoms with van der Waals surface area (Å²) in [5, 5.41) is 0.985. The van der Waals surface area contributed by atoms with Gasteiger partial charge in [0, 0.05) is 11.3 Å². The minimum absolute atomic E-state index is 0.306. The highest BCUT2D eigenvalue weighted by Gasteiger charge is 2.27. The third-order valence-electron chi connectivity index (χ3n) is 2.99. The average molecular weight is 342 g/mol. The zero-order valence-electron chi connectivity index (χ0n) is 9.33. The largest absolute Gasteiger partial charge is 0.465 e. The number of benzene rings is 1. The van der Waals surface area contributed by atoms with Crippen molar-refractivity contribution < 1.29 is 13.9 Å². The summed E-state index contributed by atoms with van der Waals surface area (Å²) in [5.41, 5.74) is 1.45. The van der Waals surface area contributed by atoms with E-state index in [4.69, 9.17) is 9.15 Å². The van der Waals surface area contributed by atoms with Crippen LogP contribution >= 0.6 is 22.6 Å². The van der Waals surface area contributed by atoms with Gasteiger partial charge in [0.05, 0.1) is 16.2 Å². The molecule has 2 aromatic rings. The van der Waals surface area contributed by atoms with Gasteiger partial charge >= 0.3 is 5.97 Å². The van der Waals surface area contributed by atoms with E-state index in [9.17, 15) is 4.79 Å². The molecule has 1 saturated carbocycles. The van der Waals surface area contributed by atoms with Gasteiger partial charge in [-0.2, -0.15) is 0 Å². The molecule has 1 aliphatic carbocycles. The summed E-state index contributed by atoms with van der Waals surface area (Å²) >= 11 is 2.19. The average Bonchev–Trinajstić information content (AvgIpc) is 3.08. The number of esters is 1. The smallest absolute Gasteiger partial charge is 0.337 e. The highest BCUT2D eigenvalue weighted by molar-refractivity contribution is 14.1. The Morgan fingerprint density at radius 3 is 2.82 bits per heavy atom. The zero-order chi connectivity index (χ0) is 12.0. The molecular formula is C13H11IO3. The predicted molar refractivity (Wildman–Crippen MR) is 72.2 cm³/mol. The van der Waals surface area contributed by atoms with E-state index in [2.05, 4.69) is 22.6 Å². The number of hydrogen-bond acceptors (Lipinski definition) is 3. The molecule has 4 heteroatoms. The van der Waals surface area contributed by atoms with E-state index in [1.807, 2.05) is 12.1 Å². The van der Waals surface area contributed by atoms with Gasteiger partial charge < -0.3 is 9.15 Å². The maximum atomic E-state index is 11.5. The van der Waals surface area contributed by atoms with Gasteiger partial charge in [-0.1, -0.05) is 0 Å². The molecule has 1 aromatic heterocycles. The van der Waals surface area contributed by atoms with Crippen LogP contribution in [-0.4, -0.2) is 13.1 Å². The Morgan fingerprint density at radius 2 is 2.18 bits per heavy atom. The summed E-state index contributed by atoms with van der Waals surface area (Å²) < 4.78 is 11.5. The van der Waals surface area contributed by atoms with Gasteiger partial charge in [-0.05, 0) is 53.6 Å². The van der Waals surface area contributed by atoms with Crippen LogP contribution in [0, 0.1) is 3.57 Å². The molecule has 3 rings (SSSR count). The highest BCUT2D eigenvalue weighted by atomic mass is 127. The molecule has 0 atom stereocenters. The van der Waals surface area contributed by atoms with Crippen LogP contribution in [-0.2, 0) is 4.74 Å². The van der Waals surface area contributed by atoms with Gasteiger partial charge in [0.15, 0.2) is 0 Å². The summed E-state index contributed by atoms with van der Waals surface area (Å²) in [6.45, 7) is 0. The normalized spacial score (nSPS) is 15.2. The number of carbonyl (C=O) groups excluding carboxylic acids is 1. The lowest BCUT2D eigenvalue weighted by Crippen LogP contribution is -2.01. The number of ether oxygens (including phenoxy) is 1. The number of hydrogen-bond donors (Lipinski definition) is 0. The topological polar surface area (TPSA) is 39.4 Å². The quantitative estimate of drug-likeness (QED) is 0.617. The number of rotatable bonds is 2. The molecule has 1 heterocycles. The fourth-order valence-corrected chi connectivity index (χ4v) is 2.69. The van der Waals surface area contributed by atoms with Crippen molar-refractivity contribution in [1.82, 2.24) is 0 Å². The molecule has 0 radical (unpaired) electrons. The lowest BCUT2D eigenvalue weighted by molar-refractivity contribution is 0.0601. The SMILES string of the molecule is COC(=O)c1cc(I)c2oc(C3CC3)cc2c1. The Labute approximate surface area is 112 Å². The Kier molecular flexibility index (Phi) is 2.61. The molecule has 0 saturated heterocycles. The van der Waals surface area contributed by atoms with E-state index >= 15 is 0 Å². The number of carbonyl (C=O) groups is 1. The standard InChI is InChI=1S/C13H11IO3/c1-16-13(15)9-4-8-6-11(7-2-3-7)17-12(8)10(14)5-9/h4-7H,2-3H2,1H3. The first kappa shape index (κ1) is 11.1. The van der Waals surface area contributed by atoms with Crippen molar-refractivity contribution >= 4 is 39.5 Å². The molecule has 17 heavy (non-hydrogen) atoms. The van der Waals surface area contributed by atoms with Crippen molar-refractivity contribution in [2.75, 3.05) is 7.11 Å². The van der Waals surface area contributed by atoms with Crippen LogP contribution in [0.1, 0.15) is 34.9 Å². The molecule has 0 N–H and O–H groups in total. The number of halogens is 1. The van der Waals surface area contributed by atoms with E-state index in [0.717, 1.165) is 20.3 Å². The maximum Gasteiger partial charge on any atom is 0.337 e. The lowest BCUT2D eigenvalue weighted by atomic mass is 10.1. The summed E-state index contributed by atoms with van der Waals surface area (Å²) in [5.74, 6) is 1.32. The van der Waals surface area contributed by atoms with Gasteiger partial charge in [0.1, 0.15) is 11.3 Å². The van der Waals surface area contributed by atoms with Crippen LogP contribution < -0.4 is 0 Å². The molecule has 0 aliphatic heterocycles. The lowest BCUT2D eigenvalue weighted by Gasteiger charge is -2.00. The van der Waals surface area contributed by atoms with Crippen LogP contribution in [0.2, 0.25) is 0 Å². The number of furan rings is 1. The number of fused-ring (bicyclic) bond motifs is 1. The van der Waals surface area contributed by atoms with Crippen LogP contribution in [0.4, 0.5) is 0 Å². The van der Waals surface area contributed by atoms with E-state index in [1.54, 1.807) is 6.07 Å². The van der Waals surface area contributed by atoms with Crippen LogP contribution in [0.25, 0.3) is 11.0 Å². The van der Waals surface area contributed by atoms with E-state index in [1.165, 1.54) is 20.0 Å². The highest BCUT2D eigenvalue weighted by Crippen LogP contribution is 2.42. The van der Waals surface area contributed by atoms with Gasteiger partial charge in [0.2, 0.25) is 0 Å². The second-order valence-corrected chi connectivity index (χ2v) is 5.45. The third kappa shape index (κ3) is 1.94. The first-order chi connectivity index (χ1) is 8.19. The molecule has 1 aliphatic rings. The van der Waals surface area contributed by atoms with Gasteiger partial charge in [-0.15, -0.1) is 0 Å².